The van der Waals surface area contributed by atoms with E-state index in [1.165, 1.54) is 13.8 Å². The van der Waals surface area contributed by atoms with Crippen LogP contribution in [0.2, 0.25) is 0 Å². The van der Waals surface area contributed by atoms with Gasteiger partial charge in [-0.15, -0.1) is 0 Å². The molecule has 1 N–H and O–H groups in total. The Bertz CT molecular complexity index is 1070. The predicted molar refractivity (Wildman–Crippen MR) is 113 cm³/mol. The molecule has 0 aromatic heterocycles. The van der Waals surface area contributed by atoms with Gasteiger partial charge in [0.15, 0.2) is 5.60 Å². The maximum Gasteiger partial charge on any atom is 0.417 e. The van der Waals surface area contributed by atoms with Crippen molar-refractivity contribution in [1.29, 1.82) is 0 Å². The van der Waals surface area contributed by atoms with Crippen LogP contribution in [0.5, 0.6) is 5.75 Å². The van der Waals surface area contributed by atoms with Crippen molar-refractivity contribution in [2.24, 2.45) is 0 Å². The molecule has 2 aromatic carbocycles. The van der Waals surface area contributed by atoms with Crippen LogP contribution in [0.25, 0.3) is 0 Å². The van der Waals surface area contributed by atoms with Gasteiger partial charge in [-0.2, -0.15) is 13.2 Å². The Morgan fingerprint density at radius 1 is 1.18 bits per heavy atom. The first-order valence-electron chi connectivity index (χ1n) is 9.81. The summed E-state index contributed by atoms with van der Waals surface area (Å²) in [5, 5.41) is 1.15. The monoisotopic (exact) mass is 484 g/mol. The van der Waals surface area contributed by atoms with Crippen LogP contribution in [-0.4, -0.2) is 35.9 Å². The minimum absolute atomic E-state index is 0.0421. The minimum Gasteiger partial charge on any atom is -0.476 e. The van der Waals surface area contributed by atoms with E-state index in [9.17, 15) is 27.6 Å². The summed E-state index contributed by atoms with van der Waals surface area (Å²) in [6.07, 6.45) is -5.60. The van der Waals surface area contributed by atoms with Gasteiger partial charge in [-0.25, -0.2) is 4.79 Å². The van der Waals surface area contributed by atoms with Crippen molar-refractivity contribution in [2.45, 2.75) is 32.2 Å². The number of benzene rings is 2. The average molecular weight is 485 g/mol. The van der Waals surface area contributed by atoms with Gasteiger partial charge in [0.25, 0.3) is 11.1 Å². The molecular weight excluding hydrogens is 465 g/mol. The van der Waals surface area contributed by atoms with Crippen LogP contribution in [0.15, 0.2) is 42.5 Å². The number of ether oxygens (including phenoxy) is 2. The highest BCUT2D eigenvalue weighted by atomic mass is 35.5. The zero-order valence-corrected chi connectivity index (χ0v) is 18.4. The first kappa shape index (κ1) is 24.4. The van der Waals surface area contributed by atoms with Gasteiger partial charge in [0.05, 0.1) is 11.3 Å². The Kier molecular flexibility index (Phi) is 6.87. The lowest BCUT2D eigenvalue weighted by molar-refractivity contribution is -0.138. The van der Waals surface area contributed by atoms with E-state index in [0.717, 1.165) is 16.5 Å². The summed E-state index contributed by atoms with van der Waals surface area (Å²) in [7, 11) is 0. The van der Waals surface area contributed by atoms with Crippen molar-refractivity contribution in [3.05, 3.63) is 59.2 Å². The zero-order chi connectivity index (χ0) is 24.4. The normalized spacial score (nSPS) is 14.8. The van der Waals surface area contributed by atoms with Crippen LogP contribution >= 0.6 is 11.6 Å². The van der Waals surface area contributed by atoms with Crippen LogP contribution in [0.3, 0.4) is 0 Å². The van der Waals surface area contributed by atoms with Crippen LogP contribution in [0.1, 0.15) is 35.3 Å². The number of carbonyl (C=O) groups is 3. The average Bonchev–Trinajstić information content (AvgIpc) is 2.74. The lowest BCUT2D eigenvalue weighted by atomic mass is 10.00. The smallest absolute Gasteiger partial charge is 0.417 e. The fourth-order valence-electron chi connectivity index (χ4n) is 3.28. The number of alkyl halides is 3. The predicted octanol–water partition coefficient (Wildman–Crippen LogP) is 4.51. The van der Waals surface area contributed by atoms with Gasteiger partial charge in [-0.1, -0.05) is 30.3 Å². The Morgan fingerprint density at radius 2 is 1.85 bits per heavy atom. The molecule has 0 unspecified atom stereocenters. The second-order valence-electron chi connectivity index (χ2n) is 7.69. The Morgan fingerprint density at radius 3 is 2.45 bits per heavy atom. The first-order chi connectivity index (χ1) is 15.4. The summed E-state index contributed by atoms with van der Waals surface area (Å²) in [6, 6.07) is 10.5. The lowest BCUT2D eigenvalue weighted by Gasteiger charge is -2.39. The summed E-state index contributed by atoms with van der Waals surface area (Å²) < 4.78 is 50.9. The molecule has 1 aliphatic rings. The van der Waals surface area contributed by atoms with Crippen molar-refractivity contribution in [2.75, 3.05) is 18.0 Å². The molecule has 0 saturated heterocycles. The van der Waals surface area contributed by atoms with Gasteiger partial charge in [-0.05, 0) is 43.1 Å². The third kappa shape index (κ3) is 5.57. The van der Waals surface area contributed by atoms with E-state index < -0.39 is 40.1 Å². The number of alkyl carbamates (subject to hydrolysis) is 1. The van der Waals surface area contributed by atoms with Gasteiger partial charge >= 0.3 is 12.3 Å². The maximum atomic E-state index is 13.4. The molecule has 33 heavy (non-hydrogen) atoms. The number of halogens is 4. The number of carbonyl (C=O) groups excluding carboxylic acids is 3. The number of hydrogen-bond donors (Lipinski definition) is 1. The molecule has 0 fully saturated rings. The molecule has 11 heteroatoms. The van der Waals surface area contributed by atoms with E-state index in [1.807, 2.05) is 6.07 Å². The van der Waals surface area contributed by atoms with E-state index in [1.54, 1.807) is 24.3 Å². The number of amides is 2. The quantitative estimate of drug-likeness (QED) is 0.610. The molecule has 0 saturated carbocycles. The van der Waals surface area contributed by atoms with Crippen molar-refractivity contribution in [3.63, 3.8) is 0 Å². The van der Waals surface area contributed by atoms with E-state index in [2.05, 4.69) is 5.32 Å². The van der Waals surface area contributed by atoms with Gasteiger partial charge in [0.1, 0.15) is 12.4 Å². The van der Waals surface area contributed by atoms with Crippen LogP contribution in [0, 0.1) is 0 Å². The number of rotatable bonds is 6. The summed E-state index contributed by atoms with van der Waals surface area (Å²) in [6.45, 7) is 2.67. The molecule has 3 rings (SSSR count). The summed E-state index contributed by atoms with van der Waals surface area (Å²) in [5.74, 6) is -0.803. The highest BCUT2D eigenvalue weighted by Crippen LogP contribution is 2.44. The number of nitrogens with zero attached hydrogens (tertiary/aromatic N) is 1. The number of hydrogen-bond acceptors (Lipinski definition) is 5. The third-order valence-corrected chi connectivity index (χ3v) is 5.05. The van der Waals surface area contributed by atoms with Crippen molar-refractivity contribution < 1.29 is 37.0 Å². The molecular formula is C22H20ClF3N2O5. The van der Waals surface area contributed by atoms with Gasteiger partial charge < -0.3 is 19.7 Å². The molecule has 7 nitrogen and oxygen atoms in total. The zero-order valence-electron chi connectivity index (χ0n) is 17.7. The van der Waals surface area contributed by atoms with E-state index >= 15 is 0 Å². The fourth-order valence-corrected chi connectivity index (χ4v) is 3.43. The standard InChI is InChI=1S/C22H20ClF3N2O5/c1-21(2)19(30)28(9-8-27-20(31)32-12-13-6-4-3-5-7-13)16-10-14(18(23)29)15(22(24,25)26)11-17(16)33-21/h3-7,10-11H,8-9,12H2,1-2H3,(H,27,31). The van der Waals surface area contributed by atoms with E-state index in [0.29, 0.717) is 6.07 Å². The SMILES string of the molecule is CC1(C)Oc2cc(C(F)(F)F)c(C(=O)Cl)cc2N(CCNC(=O)OCc2ccccc2)C1=O. The molecule has 0 bridgehead atoms. The molecule has 1 aliphatic heterocycles. The topological polar surface area (TPSA) is 84.9 Å². The molecule has 2 amide bonds. The van der Waals surface area contributed by atoms with Crippen LogP contribution in [-0.2, 0) is 22.3 Å². The summed E-state index contributed by atoms with van der Waals surface area (Å²) in [5.41, 5.74) is -2.83. The molecule has 0 radical (unpaired) electrons. The van der Waals surface area contributed by atoms with Gasteiger partial charge in [-0.3, -0.25) is 9.59 Å². The Balaban J connectivity index is 1.78. The molecule has 2 aromatic rings. The highest BCUT2D eigenvalue weighted by Gasteiger charge is 2.44. The van der Waals surface area contributed by atoms with Crippen LogP contribution in [0.4, 0.5) is 23.7 Å². The molecule has 1 heterocycles. The lowest BCUT2D eigenvalue weighted by Crippen LogP contribution is -2.54. The Labute approximate surface area is 192 Å². The van der Waals surface area contributed by atoms with Crippen molar-refractivity contribution in [3.8, 4) is 5.75 Å². The number of nitrogens with one attached hydrogen (secondary N) is 1. The molecule has 0 aliphatic carbocycles. The Hall–Kier alpha value is -3.27. The third-order valence-electron chi connectivity index (χ3n) is 4.85. The molecule has 176 valence electrons. The van der Waals surface area contributed by atoms with E-state index in [-0.39, 0.29) is 31.1 Å². The highest BCUT2D eigenvalue weighted by molar-refractivity contribution is 6.68. The number of anilines is 1. The number of fused-ring (bicyclic) bond motifs is 1. The summed E-state index contributed by atoms with van der Waals surface area (Å²) >= 11 is 5.37. The molecule has 0 spiro atoms. The van der Waals surface area contributed by atoms with Crippen LogP contribution < -0.4 is 15.0 Å². The second-order valence-corrected chi connectivity index (χ2v) is 8.04. The fraction of sp³-hybridized carbons (Fsp3) is 0.318. The first-order valence-corrected chi connectivity index (χ1v) is 10.2. The van der Waals surface area contributed by atoms with Gasteiger partial charge in [0.2, 0.25) is 0 Å². The molecule has 0 atom stereocenters. The minimum atomic E-state index is -4.86. The van der Waals surface area contributed by atoms with Gasteiger partial charge in [0, 0.05) is 18.7 Å². The summed E-state index contributed by atoms with van der Waals surface area (Å²) in [4.78, 5) is 37.6. The second kappa shape index (κ2) is 9.30. The van der Waals surface area contributed by atoms with E-state index in [4.69, 9.17) is 21.1 Å². The largest absolute Gasteiger partial charge is 0.476 e. The van der Waals surface area contributed by atoms with Crippen molar-refractivity contribution >= 4 is 34.5 Å². The maximum absolute atomic E-state index is 13.4. The van der Waals surface area contributed by atoms with Crippen molar-refractivity contribution in [1.82, 2.24) is 5.32 Å².